The Bertz CT molecular complexity index is 496. The van der Waals surface area contributed by atoms with E-state index >= 15 is 0 Å². The number of thiophene rings is 1. The molecule has 0 saturated heterocycles. The van der Waals surface area contributed by atoms with Crippen molar-refractivity contribution in [3.63, 3.8) is 0 Å². The van der Waals surface area contributed by atoms with Crippen LogP contribution in [0, 0.1) is 0 Å². The smallest absolute Gasteiger partial charge is 0.303 e. The van der Waals surface area contributed by atoms with Gasteiger partial charge in [0.1, 0.15) is 0 Å². The van der Waals surface area contributed by atoms with E-state index in [4.69, 9.17) is 19.6 Å². The second-order valence-electron chi connectivity index (χ2n) is 2.80. The summed E-state index contributed by atoms with van der Waals surface area (Å²) in [5.41, 5.74) is 0.0403. The quantitative estimate of drug-likeness (QED) is 0.399. The normalized spacial score (nSPS) is 13.3. The molecule has 0 fully saturated rings. The van der Waals surface area contributed by atoms with Gasteiger partial charge in [-0.3, -0.25) is 9.05 Å². The van der Waals surface area contributed by atoms with Gasteiger partial charge in [0, 0.05) is 5.56 Å². The van der Waals surface area contributed by atoms with Gasteiger partial charge in [0.05, 0.1) is 7.57 Å². The van der Waals surface area contributed by atoms with E-state index in [2.05, 4.69) is 40.9 Å². The van der Waals surface area contributed by atoms with Crippen molar-refractivity contribution in [2.45, 2.75) is 6.29 Å². The first-order chi connectivity index (χ1) is 7.98. The minimum Gasteiger partial charge on any atom is -0.303 e. The first-order valence-corrected chi connectivity index (χ1v) is 9.37. The third-order valence-corrected chi connectivity index (χ3v) is 4.72. The van der Waals surface area contributed by atoms with Crippen LogP contribution in [0.2, 0.25) is 0 Å². The van der Waals surface area contributed by atoms with E-state index in [-0.39, 0.29) is 5.56 Å². The van der Waals surface area contributed by atoms with Gasteiger partial charge in [-0.2, -0.15) is 0 Å². The van der Waals surface area contributed by atoms with Gasteiger partial charge >= 0.3 is 15.6 Å². The highest BCUT2D eigenvalue weighted by atomic mass is 79.9. The maximum Gasteiger partial charge on any atom is 0.472 e. The minimum atomic E-state index is -4.98. The maximum absolute atomic E-state index is 10.7. The van der Waals surface area contributed by atoms with Gasteiger partial charge in [0.2, 0.25) is 6.29 Å². The average Bonchev–Trinajstić information content (AvgIpc) is 2.38. The Morgan fingerprint density at radius 3 is 1.83 bits per heavy atom. The van der Waals surface area contributed by atoms with Crippen molar-refractivity contribution < 1.29 is 37.8 Å². The zero-order valence-corrected chi connectivity index (χ0v) is 13.9. The van der Waals surface area contributed by atoms with E-state index in [0.717, 1.165) is 11.3 Å². The predicted molar refractivity (Wildman–Crippen MR) is 68.7 cm³/mol. The molecule has 104 valence electrons. The molecule has 0 bridgehead atoms. The number of hydrogen-bond acceptors (Lipinski definition) is 5. The largest absolute Gasteiger partial charge is 0.472 e. The fourth-order valence-corrected chi connectivity index (χ4v) is 4.61. The molecule has 18 heavy (non-hydrogen) atoms. The number of halogens is 2. The first kappa shape index (κ1) is 16.9. The molecule has 0 aliphatic heterocycles. The van der Waals surface area contributed by atoms with E-state index in [0.29, 0.717) is 7.57 Å². The summed E-state index contributed by atoms with van der Waals surface area (Å²) in [6.45, 7) is 0. The Kier molecular flexibility index (Phi) is 5.75. The molecule has 0 saturated carbocycles. The molecule has 1 aromatic rings. The van der Waals surface area contributed by atoms with Gasteiger partial charge in [0.15, 0.2) is 0 Å². The van der Waals surface area contributed by atoms with Crippen molar-refractivity contribution >= 4 is 58.8 Å². The molecule has 4 N–H and O–H groups in total. The van der Waals surface area contributed by atoms with Crippen molar-refractivity contribution in [3.8, 4) is 0 Å². The highest BCUT2D eigenvalue weighted by molar-refractivity contribution is 9.12. The molecule has 0 amide bonds. The van der Waals surface area contributed by atoms with Gasteiger partial charge in [-0.15, -0.1) is 11.3 Å². The zero-order valence-electron chi connectivity index (χ0n) is 8.14. The molecule has 8 nitrogen and oxygen atoms in total. The third kappa shape index (κ3) is 5.89. The molecule has 0 aliphatic carbocycles. The van der Waals surface area contributed by atoms with Gasteiger partial charge in [-0.1, -0.05) is 0 Å². The summed E-state index contributed by atoms with van der Waals surface area (Å²) in [4.78, 5) is 34.7. The first-order valence-electron chi connectivity index (χ1n) is 3.90. The third-order valence-electron chi connectivity index (χ3n) is 1.40. The molecule has 0 radical (unpaired) electrons. The molecule has 1 rings (SSSR count). The number of phosphoric acid groups is 2. The summed E-state index contributed by atoms with van der Waals surface area (Å²) in [5.74, 6) is 0. The Hall–Kier alpha value is 0.880. The minimum absolute atomic E-state index is 0.0403. The number of hydrogen-bond donors (Lipinski definition) is 4. The van der Waals surface area contributed by atoms with Gasteiger partial charge in [-0.05, 0) is 37.9 Å². The molecule has 0 aliphatic rings. The summed E-state index contributed by atoms with van der Waals surface area (Å²) in [6.07, 6.45) is -1.90. The number of rotatable bonds is 5. The van der Waals surface area contributed by atoms with E-state index < -0.39 is 21.9 Å². The molecule has 0 spiro atoms. The summed E-state index contributed by atoms with van der Waals surface area (Å²) in [5, 5.41) is 0. The second-order valence-corrected chi connectivity index (χ2v) is 8.94. The van der Waals surface area contributed by atoms with E-state index in [1.165, 1.54) is 6.07 Å². The molecular formula is C5H6Br2O8P2S. The van der Waals surface area contributed by atoms with Crippen LogP contribution in [0.4, 0.5) is 0 Å². The lowest BCUT2D eigenvalue weighted by molar-refractivity contribution is -0.0356. The molecule has 1 aromatic heterocycles. The maximum atomic E-state index is 10.7. The topological polar surface area (TPSA) is 134 Å². The van der Waals surface area contributed by atoms with E-state index in [9.17, 15) is 9.13 Å². The van der Waals surface area contributed by atoms with Crippen LogP contribution < -0.4 is 0 Å². The van der Waals surface area contributed by atoms with Crippen molar-refractivity contribution in [1.29, 1.82) is 0 Å². The molecule has 0 unspecified atom stereocenters. The SMILES string of the molecule is O=P(O)(O)OC(OP(=O)(O)O)c1cc(Br)sc1Br. The summed E-state index contributed by atoms with van der Waals surface area (Å²) < 4.78 is 30.8. The van der Waals surface area contributed by atoms with Crippen LogP contribution >= 0.6 is 58.8 Å². The van der Waals surface area contributed by atoms with Crippen LogP contribution in [0.25, 0.3) is 0 Å². The Morgan fingerprint density at radius 2 is 1.56 bits per heavy atom. The van der Waals surface area contributed by atoms with Crippen molar-refractivity contribution in [2.75, 3.05) is 0 Å². The summed E-state index contributed by atoms with van der Waals surface area (Å²) >= 11 is 7.27. The van der Waals surface area contributed by atoms with Crippen LogP contribution in [-0.2, 0) is 18.2 Å². The molecular weight excluding hydrogens is 442 g/mol. The molecule has 13 heteroatoms. The Balaban J connectivity index is 3.08. The lowest BCUT2D eigenvalue weighted by Crippen LogP contribution is -2.06. The highest BCUT2D eigenvalue weighted by Crippen LogP contribution is 2.52. The number of phosphoric ester groups is 2. The monoisotopic (exact) mass is 446 g/mol. The van der Waals surface area contributed by atoms with Crippen LogP contribution in [-0.4, -0.2) is 19.6 Å². The van der Waals surface area contributed by atoms with Crippen LogP contribution in [0.5, 0.6) is 0 Å². The molecule has 0 atom stereocenters. The standard InChI is InChI=1S/C5H6Br2O8P2S/c6-3-1-2(4(7)18-3)5(14-16(8,9)10)15-17(11,12)13/h1,5H,(H2,8,9,10)(H2,11,12,13). The second kappa shape index (κ2) is 6.11. The van der Waals surface area contributed by atoms with E-state index in [1.807, 2.05) is 0 Å². The highest BCUT2D eigenvalue weighted by Gasteiger charge is 2.32. The summed E-state index contributed by atoms with van der Waals surface area (Å²) in [7, 11) is -9.97. The molecule has 1 heterocycles. The fourth-order valence-electron chi connectivity index (χ4n) is 0.896. The zero-order chi connectivity index (χ0) is 14.1. The van der Waals surface area contributed by atoms with Crippen LogP contribution in [0.1, 0.15) is 11.9 Å². The van der Waals surface area contributed by atoms with Gasteiger partial charge in [-0.25, -0.2) is 9.13 Å². The lowest BCUT2D eigenvalue weighted by atomic mass is 10.3. The molecule has 0 aromatic carbocycles. The summed E-state index contributed by atoms with van der Waals surface area (Å²) in [6, 6.07) is 1.35. The average molecular weight is 448 g/mol. The lowest BCUT2D eigenvalue weighted by Gasteiger charge is -2.18. The Morgan fingerprint density at radius 1 is 1.11 bits per heavy atom. The fraction of sp³-hybridized carbons (Fsp3) is 0.200. The van der Waals surface area contributed by atoms with Gasteiger partial charge < -0.3 is 19.6 Å². The van der Waals surface area contributed by atoms with E-state index in [1.54, 1.807) is 0 Å². The van der Waals surface area contributed by atoms with Gasteiger partial charge in [0.25, 0.3) is 0 Å². The van der Waals surface area contributed by atoms with Crippen molar-refractivity contribution in [1.82, 2.24) is 0 Å². The van der Waals surface area contributed by atoms with Crippen molar-refractivity contribution in [3.05, 3.63) is 19.2 Å². The van der Waals surface area contributed by atoms with Crippen LogP contribution in [0.15, 0.2) is 13.6 Å². The van der Waals surface area contributed by atoms with Crippen molar-refractivity contribution in [2.24, 2.45) is 0 Å². The van der Waals surface area contributed by atoms with Crippen LogP contribution in [0.3, 0.4) is 0 Å². The predicted octanol–water partition coefficient (Wildman–Crippen LogP) is 2.49. The Labute approximate surface area is 122 Å².